The lowest BCUT2D eigenvalue weighted by atomic mass is 10.0. The molecular formula is C18H27N3O. The molecule has 1 aromatic heterocycles. The molecule has 3 rings (SSSR count). The number of hydrogen-bond acceptors (Lipinski definition) is 3. The van der Waals surface area contributed by atoms with Crippen LogP contribution in [-0.4, -0.2) is 34.9 Å². The molecule has 2 aliphatic rings. The number of hydrogen-bond donors (Lipinski definition) is 1. The van der Waals surface area contributed by atoms with Crippen LogP contribution in [0.2, 0.25) is 0 Å². The van der Waals surface area contributed by atoms with Gasteiger partial charge in [0, 0.05) is 25.3 Å². The van der Waals surface area contributed by atoms with Gasteiger partial charge >= 0.3 is 0 Å². The second kappa shape index (κ2) is 7.73. The number of amides is 1. The Kier molecular flexibility index (Phi) is 5.43. The largest absolute Gasteiger partial charge is 0.356 e. The maximum absolute atomic E-state index is 12.5. The van der Waals surface area contributed by atoms with Gasteiger partial charge in [-0.3, -0.25) is 14.7 Å². The van der Waals surface area contributed by atoms with Crippen molar-refractivity contribution in [2.45, 2.75) is 57.5 Å². The monoisotopic (exact) mass is 301 g/mol. The predicted octanol–water partition coefficient (Wildman–Crippen LogP) is 2.74. The van der Waals surface area contributed by atoms with E-state index in [9.17, 15) is 4.79 Å². The predicted molar refractivity (Wildman–Crippen MR) is 87.3 cm³/mol. The molecule has 2 heterocycles. The molecule has 0 unspecified atom stereocenters. The Bertz CT molecular complexity index is 476. The van der Waals surface area contributed by atoms with Crippen molar-refractivity contribution in [2.24, 2.45) is 5.92 Å². The summed E-state index contributed by atoms with van der Waals surface area (Å²) in [4.78, 5) is 19.5. The molecule has 0 bridgehead atoms. The first-order chi connectivity index (χ1) is 10.8. The number of fused-ring (bicyclic) bond motifs is 1. The van der Waals surface area contributed by atoms with Crippen LogP contribution in [0.3, 0.4) is 0 Å². The molecule has 4 heteroatoms. The van der Waals surface area contributed by atoms with Crippen LogP contribution in [0.1, 0.15) is 50.6 Å². The minimum absolute atomic E-state index is 0.168. The second-order valence-electron chi connectivity index (χ2n) is 6.60. The number of nitrogens with zero attached hydrogens (tertiary/aromatic N) is 2. The van der Waals surface area contributed by atoms with Crippen molar-refractivity contribution in [3.05, 3.63) is 30.1 Å². The van der Waals surface area contributed by atoms with Gasteiger partial charge < -0.3 is 5.32 Å². The maximum atomic E-state index is 12.5. The molecule has 1 saturated carbocycles. The van der Waals surface area contributed by atoms with Crippen molar-refractivity contribution in [2.75, 3.05) is 13.1 Å². The summed E-state index contributed by atoms with van der Waals surface area (Å²) in [5, 5.41) is 3.15. The van der Waals surface area contributed by atoms with Gasteiger partial charge in [-0.25, -0.2) is 0 Å². The SMILES string of the molecule is O=C1NCCCCCCN(Cc2ccccn2)[C@H]2CCC[C@@H]12. The molecule has 2 fully saturated rings. The highest BCUT2D eigenvalue weighted by atomic mass is 16.1. The number of aromatic nitrogens is 1. The number of carbonyl (C=O) groups is 1. The summed E-state index contributed by atoms with van der Waals surface area (Å²) in [6.45, 7) is 2.81. The van der Waals surface area contributed by atoms with E-state index in [1.807, 2.05) is 18.3 Å². The summed E-state index contributed by atoms with van der Waals surface area (Å²) in [6.07, 6.45) is 10.0. The van der Waals surface area contributed by atoms with Crippen LogP contribution in [0, 0.1) is 5.92 Å². The fourth-order valence-electron chi connectivity index (χ4n) is 3.88. The standard InChI is InChI=1S/C18H27N3O/c22-18-16-9-7-10-17(16)21(13-6-2-1-4-12-20-18)14-15-8-3-5-11-19-15/h3,5,8,11,16-17H,1-2,4,6-7,9-10,12-14H2,(H,20,22)/t16-,17+/m1/s1. The van der Waals surface area contributed by atoms with E-state index < -0.39 is 0 Å². The van der Waals surface area contributed by atoms with Gasteiger partial charge in [-0.1, -0.05) is 25.3 Å². The molecule has 4 nitrogen and oxygen atoms in total. The van der Waals surface area contributed by atoms with Crippen molar-refractivity contribution in [3.8, 4) is 0 Å². The molecule has 0 radical (unpaired) electrons. The number of carbonyl (C=O) groups excluding carboxylic acids is 1. The Morgan fingerprint density at radius 3 is 2.91 bits per heavy atom. The Morgan fingerprint density at radius 1 is 1.14 bits per heavy atom. The molecule has 0 spiro atoms. The summed E-state index contributed by atoms with van der Waals surface area (Å²) in [7, 11) is 0. The van der Waals surface area contributed by atoms with Gasteiger partial charge in [0.1, 0.15) is 0 Å². The van der Waals surface area contributed by atoms with Crippen molar-refractivity contribution < 1.29 is 4.79 Å². The lowest BCUT2D eigenvalue weighted by Gasteiger charge is -2.32. The van der Waals surface area contributed by atoms with E-state index in [0.29, 0.717) is 6.04 Å². The molecule has 22 heavy (non-hydrogen) atoms. The fourth-order valence-corrected chi connectivity index (χ4v) is 3.88. The quantitative estimate of drug-likeness (QED) is 0.913. The van der Waals surface area contributed by atoms with E-state index in [2.05, 4.69) is 21.3 Å². The van der Waals surface area contributed by atoms with Crippen LogP contribution >= 0.6 is 0 Å². The van der Waals surface area contributed by atoms with E-state index >= 15 is 0 Å². The highest BCUT2D eigenvalue weighted by Crippen LogP contribution is 2.31. The van der Waals surface area contributed by atoms with Crippen LogP contribution in [0.25, 0.3) is 0 Å². The van der Waals surface area contributed by atoms with Gasteiger partial charge in [0.15, 0.2) is 0 Å². The summed E-state index contributed by atoms with van der Waals surface area (Å²) < 4.78 is 0. The average Bonchev–Trinajstić information content (AvgIpc) is 3.02. The highest BCUT2D eigenvalue weighted by molar-refractivity contribution is 5.79. The van der Waals surface area contributed by atoms with Crippen molar-refractivity contribution in [1.29, 1.82) is 0 Å². The van der Waals surface area contributed by atoms with Gasteiger partial charge in [-0.15, -0.1) is 0 Å². The Labute approximate surface area is 133 Å². The van der Waals surface area contributed by atoms with Gasteiger partial charge in [0.2, 0.25) is 5.91 Å². The fraction of sp³-hybridized carbons (Fsp3) is 0.667. The average molecular weight is 301 g/mol. The lowest BCUT2D eigenvalue weighted by molar-refractivity contribution is -0.126. The second-order valence-corrected chi connectivity index (χ2v) is 6.60. The third-order valence-electron chi connectivity index (χ3n) is 5.05. The molecule has 1 saturated heterocycles. The van der Waals surface area contributed by atoms with Crippen LogP contribution in [0.4, 0.5) is 0 Å². The first kappa shape index (κ1) is 15.5. The molecule has 2 atom stereocenters. The molecule has 1 N–H and O–H groups in total. The number of nitrogens with one attached hydrogen (secondary N) is 1. The summed E-state index contributed by atoms with van der Waals surface area (Å²) >= 11 is 0. The zero-order chi connectivity index (χ0) is 15.2. The van der Waals surface area contributed by atoms with Crippen molar-refractivity contribution in [1.82, 2.24) is 15.2 Å². The zero-order valence-electron chi connectivity index (χ0n) is 13.3. The molecule has 1 aliphatic heterocycles. The van der Waals surface area contributed by atoms with Crippen LogP contribution in [0.15, 0.2) is 24.4 Å². The van der Waals surface area contributed by atoms with Crippen LogP contribution in [0.5, 0.6) is 0 Å². The molecule has 120 valence electrons. The Morgan fingerprint density at radius 2 is 2.05 bits per heavy atom. The number of rotatable bonds is 2. The smallest absolute Gasteiger partial charge is 0.224 e. The van der Waals surface area contributed by atoms with Gasteiger partial charge in [-0.2, -0.15) is 0 Å². The normalized spacial score (nSPS) is 27.7. The van der Waals surface area contributed by atoms with Gasteiger partial charge in [0.05, 0.1) is 11.6 Å². The summed E-state index contributed by atoms with van der Waals surface area (Å²) in [5.74, 6) is 0.442. The Balaban J connectivity index is 1.75. The van der Waals surface area contributed by atoms with E-state index in [4.69, 9.17) is 0 Å². The molecule has 0 aromatic carbocycles. The summed E-state index contributed by atoms with van der Waals surface area (Å²) in [6, 6.07) is 6.49. The first-order valence-corrected chi connectivity index (χ1v) is 8.76. The molecular weight excluding hydrogens is 274 g/mol. The number of pyridine rings is 1. The third kappa shape index (κ3) is 3.86. The first-order valence-electron chi connectivity index (χ1n) is 8.76. The van der Waals surface area contributed by atoms with Crippen molar-refractivity contribution in [3.63, 3.8) is 0 Å². The van der Waals surface area contributed by atoms with Gasteiger partial charge in [-0.05, 0) is 44.4 Å². The van der Waals surface area contributed by atoms with Crippen LogP contribution in [-0.2, 0) is 11.3 Å². The van der Waals surface area contributed by atoms with Crippen LogP contribution < -0.4 is 5.32 Å². The highest BCUT2D eigenvalue weighted by Gasteiger charge is 2.36. The molecule has 1 aromatic rings. The lowest BCUT2D eigenvalue weighted by Crippen LogP contribution is -2.44. The van der Waals surface area contributed by atoms with E-state index in [1.165, 1.54) is 25.7 Å². The van der Waals surface area contributed by atoms with E-state index in [1.54, 1.807) is 0 Å². The minimum atomic E-state index is 0.168. The summed E-state index contributed by atoms with van der Waals surface area (Å²) in [5.41, 5.74) is 1.11. The van der Waals surface area contributed by atoms with E-state index in [0.717, 1.165) is 44.6 Å². The zero-order valence-corrected chi connectivity index (χ0v) is 13.3. The van der Waals surface area contributed by atoms with Crippen molar-refractivity contribution >= 4 is 5.91 Å². The van der Waals surface area contributed by atoms with E-state index in [-0.39, 0.29) is 11.8 Å². The van der Waals surface area contributed by atoms with Gasteiger partial charge in [0.25, 0.3) is 0 Å². The minimum Gasteiger partial charge on any atom is -0.356 e. The molecule has 1 amide bonds. The molecule has 1 aliphatic carbocycles. The third-order valence-corrected chi connectivity index (χ3v) is 5.05. The maximum Gasteiger partial charge on any atom is 0.224 e. The topological polar surface area (TPSA) is 45.2 Å². The Hall–Kier alpha value is -1.42.